The first kappa shape index (κ1) is 7.96. The zero-order chi connectivity index (χ0) is 6.62. The third-order valence-corrected chi connectivity index (χ3v) is 1.57. The van der Waals surface area contributed by atoms with Crippen molar-refractivity contribution in [2.75, 3.05) is 6.61 Å². The molecule has 8 heavy (non-hydrogen) atoms. The van der Waals surface area contributed by atoms with Gasteiger partial charge in [-0.15, -0.1) is 0 Å². The molecule has 0 saturated heterocycles. The van der Waals surface area contributed by atoms with E-state index in [1.165, 1.54) is 0 Å². The van der Waals surface area contributed by atoms with Gasteiger partial charge in [-0.3, -0.25) is 0 Å². The standard InChI is InChI=1S/C7H15O/c1-4-7(2,3)5-6-8/h8H,2,4-6H2,1,3H3. The molecule has 1 unspecified atom stereocenters. The molecule has 0 fully saturated rings. The maximum Gasteiger partial charge on any atom is 0.0436 e. The van der Waals surface area contributed by atoms with Crippen LogP contribution in [-0.4, -0.2) is 11.7 Å². The fourth-order valence-corrected chi connectivity index (χ4v) is 0.447. The highest BCUT2D eigenvalue weighted by Gasteiger charge is 2.12. The maximum absolute atomic E-state index is 8.49. The first-order chi connectivity index (χ1) is 3.62. The van der Waals surface area contributed by atoms with Crippen molar-refractivity contribution in [1.29, 1.82) is 0 Å². The van der Waals surface area contributed by atoms with Crippen molar-refractivity contribution in [3.63, 3.8) is 0 Å². The first-order valence-electron chi connectivity index (χ1n) is 3.08. The molecule has 0 rings (SSSR count). The van der Waals surface area contributed by atoms with Crippen molar-refractivity contribution in [3.05, 3.63) is 6.92 Å². The summed E-state index contributed by atoms with van der Waals surface area (Å²) in [4.78, 5) is 0. The van der Waals surface area contributed by atoms with Crippen LogP contribution < -0.4 is 0 Å². The lowest BCUT2D eigenvalue weighted by Crippen LogP contribution is -2.11. The minimum absolute atomic E-state index is 0.0920. The number of rotatable bonds is 3. The first-order valence-corrected chi connectivity index (χ1v) is 3.08. The summed E-state index contributed by atoms with van der Waals surface area (Å²) in [6.07, 6.45) is 1.84. The van der Waals surface area contributed by atoms with E-state index in [2.05, 4.69) is 20.8 Å². The van der Waals surface area contributed by atoms with E-state index in [0.717, 1.165) is 12.8 Å². The van der Waals surface area contributed by atoms with Crippen molar-refractivity contribution in [1.82, 2.24) is 0 Å². The van der Waals surface area contributed by atoms with Crippen LogP contribution in [-0.2, 0) is 0 Å². The lowest BCUT2D eigenvalue weighted by molar-refractivity contribution is 0.225. The second-order valence-electron chi connectivity index (χ2n) is 2.64. The predicted octanol–water partition coefficient (Wildman–Crippen LogP) is 1.62. The highest BCUT2D eigenvalue weighted by molar-refractivity contribution is 4.73. The Morgan fingerprint density at radius 1 is 1.62 bits per heavy atom. The second-order valence-corrected chi connectivity index (χ2v) is 2.64. The Hall–Kier alpha value is -0.0400. The third-order valence-electron chi connectivity index (χ3n) is 1.57. The van der Waals surface area contributed by atoms with Gasteiger partial charge in [0.25, 0.3) is 0 Å². The van der Waals surface area contributed by atoms with Crippen LogP contribution in [0.3, 0.4) is 0 Å². The fraction of sp³-hybridized carbons (Fsp3) is 0.857. The zero-order valence-electron chi connectivity index (χ0n) is 5.78. The highest BCUT2D eigenvalue weighted by atomic mass is 16.3. The molecule has 0 amide bonds. The van der Waals surface area contributed by atoms with E-state index in [1.807, 2.05) is 0 Å². The van der Waals surface area contributed by atoms with Crippen molar-refractivity contribution in [2.24, 2.45) is 5.41 Å². The topological polar surface area (TPSA) is 20.2 Å². The fourth-order valence-electron chi connectivity index (χ4n) is 0.447. The summed E-state index contributed by atoms with van der Waals surface area (Å²) < 4.78 is 0. The Morgan fingerprint density at radius 2 is 2.12 bits per heavy atom. The van der Waals surface area contributed by atoms with E-state index in [-0.39, 0.29) is 12.0 Å². The Bertz CT molecular complexity index is 57.4. The minimum atomic E-state index is 0.0920. The molecule has 1 radical (unpaired) electrons. The van der Waals surface area contributed by atoms with E-state index < -0.39 is 0 Å². The van der Waals surface area contributed by atoms with Gasteiger partial charge in [0.05, 0.1) is 0 Å². The summed E-state index contributed by atoms with van der Waals surface area (Å²) >= 11 is 0. The molecule has 0 heterocycles. The normalized spacial score (nSPS) is 12.0. The van der Waals surface area contributed by atoms with Gasteiger partial charge in [-0.2, -0.15) is 0 Å². The SMILES string of the molecule is [CH2]C(C)(CC)CCO. The molecule has 0 bridgehead atoms. The summed E-state index contributed by atoms with van der Waals surface area (Å²) in [5, 5.41) is 8.49. The summed E-state index contributed by atoms with van der Waals surface area (Å²) in [5.41, 5.74) is 0.0920. The van der Waals surface area contributed by atoms with Crippen LogP contribution in [0.25, 0.3) is 0 Å². The van der Waals surface area contributed by atoms with Crippen molar-refractivity contribution in [3.8, 4) is 0 Å². The molecule has 0 saturated carbocycles. The molecule has 0 aliphatic heterocycles. The molecule has 1 atom stereocenters. The minimum Gasteiger partial charge on any atom is -0.396 e. The van der Waals surface area contributed by atoms with Crippen LogP contribution in [0, 0.1) is 12.3 Å². The molecule has 0 spiro atoms. The van der Waals surface area contributed by atoms with E-state index in [1.54, 1.807) is 0 Å². The number of hydrogen-bond donors (Lipinski definition) is 1. The van der Waals surface area contributed by atoms with Crippen molar-refractivity contribution in [2.45, 2.75) is 26.7 Å². The van der Waals surface area contributed by atoms with Crippen LogP contribution in [0.1, 0.15) is 26.7 Å². The van der Waals surface area contributed by atoms with Crippen LogP contribution >= 0.6 is 0 Å². The monoisotopic (exact) mass is 115 g/mol. The van der Waals surface area contributed by atoms with Gasteiger partial charge in [0, 0.05) is 6.61 Å². The Labute approximate surface area is 51.7 Å². The molecule has 0 aromatic rings. The molecular formula is C7H15O. The van der Waals surface area contributed by atoms with Gasteiger partial charge >= 0.3 is 0 Å². The molecule has 0 aromatic heterocycles. The second kappa shape index (κ2) is 3.08. The Morgan fingerprint density at radius 3 is 2.25 bits per heavy atom. The average molecular weight is 115 g/mol. The molecule has 0 aliphatic rings. The Kier molecular flexibility index (Phi) is 3.06. The van der Waals surface area contributed by atoms with Gasteiger partial charge in [0.2, 0.25) is 0 Å². The lowest BCUT2D eigenvalue weighted by atomic mass is 9.87. The average Bonchev–Trinajstić information content (AvgIpc) is 1.67. The number of aliphatic hydroxyl groups is 1. The van der Waals surface area contributed by atoms with Crippen LogP contribution in [0.2, 0.25) is 0 Å². The predicted molar refractivity (Wildman–Crippen MR) is 35.5 cm³/mol. The maximum atomic E-state index is 8.49. The van der Waals surface area contributed by atoms with Crippen molar-refractivity contribution < 1.29 is 5.11 Å². The molecule has 1 N–H and O–H groups in total. The van der Waals surface area contributed by atoms with Gasteiger partial charge in [-0.1, -0.05) is 20.3 Å². The largest absolute Gasteiger partial charge is 0.396 e. The van der Waals surface area contributed by atoms with Crippen molar-refractivity contribution >= 4 is 0 Å². The van der Waals surface area contributed by atoms with Gasteiger partial charge in [0.1, 0.15) is 0 Å². The van der Waals surface area contributed by atoms with Crippen LogP contribution in [0.4, 0.5) is 0 Å². The van der Waals surface area contributed by atoms with Gasteiger partial charge in [-0.05, 0) is 18.8 Å². The van der Waals surface area contributed by atoms with E-state index in [9.17, 15) is 0 Å². The number of hydrogen-bond acceptors (Lipinski definition) is 1. The van der Waals surface area contributed by atoms with Gasteiger partial charge in [-0.25, -0.2) is 0 Å². The lowest BCUT2D eigenvalue weighted by Gasteiger charge is -2.19. The smallest absolute Gasteiger partial charge is 0.0436 e. The van der Waals surface area contributed by atoms with E-state index >= 15 is 0 Å². The highest BCUT2D eigenvalue weighted by Crippen LogP contribution is 2.22. The molecule has 49 valence electrons. The quantitative estimate of drug-likeness (QED) is 0.592. The summed E-state index contributed by atoms with van der Waals surface area (Å²) in [5.74, 6) is 0. The van der Waals surface area contributed by atoms with E-state index in [4.69, 9.17) is 5.11 Å². The molecule has 1 nitrogen and oxygen atoms in total. The summed E-state index contributed by atoms with van der Waals surface area (Å²) in [6, 6.07) is 0. The van der Waals surface area contributed by atoms with Crippen LogP contribution in [0.15, 0.2) is 0 Å². The van der Waals surface area contributed by atoms with Gasteiger partial charge < -0.3 is 5.11 Å². The number of aliphatic hydroxyl groups excluding tert-OH is 1. The van der Waals surface area contributed by atoms with Crippen LogP contribution in [0.5, 0.6) is 0 Å². The molecular weight excluding hydrogens is 100 g/mol. The van der Waals surface area contributed by atoms with E-state index in [0.29, 0.717) is 0 Å². The molecule has 0 aromatic carbocycles. The molecule has 0 aliphatic carbocycles. The van der Waals surface area contributed by atoms with Gasteiger partial charge in [0.15, 0.2) is 0 Å². The Balaban J connectivity index is 3.37. The summed E-state index contributed by atoms with van der Waals surface area (Å²) in [6.45, 7) is 8.32. The third kappa shape index (κ3) is 3.03. The summed E-state index contributed by atoms with van der Waals surface area (Å²) in [7, 11) is 0. The molecule has 1 heteroatoms. The zero-order valence-corrected chi connectivity index (χ0v) is 5.78.